The van der Waals surface area contributed by atoms with Gasteiger partial charge in [0.05, 0.1) is 5.92 Å². The molecular formula is C13H25NO2. The lowest BCUT2D eigenvalue weighted by Gasteiger charge is -2.39. The van der Waals surface area contributed by atoms with Crippen LogP contribution >= 0.6 is 0 Å². The van der Waals surface area contributed by atoms with Gasteiger partial charge in [0.1, 0.15) is 0 Å². The highest BCUT2D eigenvalue weighted by Gasteiger charge is 2.43. The first-order chi connectivity index (χ1) is 7.15. The molecule has 94 valence electrons. The molecule has 0 saturated heterocycles. The molecule has 2 N–H and O–H groups in total. The van der Waals surface area contributed by atoms with Gasteiger partial charge in [-0.1, -0.05) is 34.6 Å². The van der Waals surface area contributed by atoms with E-state index in [9.17, 15) is 4.79 Å². The lowest BCUT2D eigenvalue weighted by molar-refractivity contribution is -0.138. The van der Waals surface area contributed by atoms with Crippen LogP contribution in [0.2, 0.25) is 0 Å². The molecule has 0 aromatic carbocycles. The van der Waals surface area contributed by atoms with Gasteiger partial charge in [-0.2, -0.15) is 0 Å². The number of hydrogen-bond acceptors (Lipinski definition) is 2. The van der Waals surface area contributed by atoms with Crippen LogP contribution in [0.5, 0.6) is 0 Å². The second-order valence-corrected chi connectivity index (χ2v) is 6.71. The quantitative estimate of drug-likeness (QED) is 0.758. The molecule has 0 aromatic rings. The van der Waals surface area contributed by atoms with Gasteiger partial charge in [-0.05, 0) is 29.7 Å². The maximum absolute atomic E-state index is 10.7. The van der Waals surface area contributed by atoms with Crippen LogP contribution in [-0.4, -0.2) is 24.2 Å². The first-order valence-corrected chi connectivity index (χ1v) is 6.09. The Morgan fingerprint density at radius 1 is 1.31 bits per heavy atom. The fraction of sp³-hybridized carbons (Fsp3) is 0.923. The van der Waals surface area contributed by atoms with Crippen LogP contribution in [0.3, 0.4) is 0 Å². The van der Waals surface area contributed by atoms with Crippen LogP contribution in [0.15, 0.2) is 0 Å². The number of aliphatic carboxylic acids is 1. The number of hydrogen-bond donors (Lipinski definition) is 2. The number of carboxylic acid groups (broad SMARTS) is 1. The van der Waals surface area contributed by atoms with Gasteiger partial charge >= 0.3 is 5.97 Å². The maximum Gasteiger partial charge on any atom is 0.306 e. The van der Waals surface area contributed by atoms with Crippen LogP contribution in [0.4, 0.5) is 0 Å². The third-order valence-corrected chi connectivity index (χ3v) is 4.24. The van der Waals surface area contributed by atoms with E-state index in [1.807, 2.05) is 0 Å². The fourth-order valence-corrected chi connectivity index (χ4v) is 1.61. The molecule has 1 rings (SSSR count). The van der Waals surface area contributed by atoms with E-state index in [1.54, 1.807) is 0 Å². The lowest BCUT2D eigenvalue weighted by Crippen LogP contribution is -2.40. The average molecular weight is 227 g/mol. The average Bonchev–Trinajstić information content (AvgIpc) is 2.81. The van der Waals surface area contributed by atoms with Gasteiger partial charge in [-0.25, -0.2) is 0 Å². The first-order valence-electron chi connectivity index (χ1n) is 6.09. The van der Waals surface area contributed by atoms with Crippen molar-refractivity contribution in [1.82, 2.24) is 5.32 Å². The predicted molar refractivity (Wildman–Crippen MR) is 65.3 cm³/mol. The molecular weight excluding hydrogens is 202 g/mol. The summed E-state index contributed by atoms with van der Waals surface area (Å²) in [5, 5.41) is 12.2. The molecule has 1 saturated carbocycles. The molecule has 3 heteroatoms. The zero-order valence-electron chi connectivity index (χ0n) is 11.1. The molecule has 2 unspecified atom stereocenters. The summed E-state index contributed by atoms with van der Waals surface area (Å²) in [6, 6.07) is 0. The van der Waals surface area contributed by atoms with Gasteiger partial charge in [0.25, 0.3) is 0 Å². The maximum atomic E-state index is 10.7. The van der Waals surface area contributed by atoms with E-state index in [0.29, 0.717) is 5.92 Å². The van der Waals surface area contributed by atoms with Gasteiger partial charge in [0.15, 0.2) is 0 Å². The number of carbonyl (C=O) groups is 1. The van der Waals surface area contributed by atoms with Gasteiger partial charge in [-0.3, -0.25) is 4.79 Å². The van der Waals surface area contributed by atoms with Gasteiger partial charge < -0.3 is 10.4 Å². The molecule has 0 radical (unpaired) electrons. The van der Waals surface area contributed by atoms with E-state index >= 15 is 0 Å². The highest BCUT2D eigenvalue weighted by atomic mass is 16.4. The fourth-order valence-electron chi connectivity index (χ4n) is 1.61. The molecule has 0 aliphatic heterocycles. The minimum absolute atomic E-state index is 0.0924. The minimum Gasteiger partial charge on any atom is -0.481 e. The van der Waals surface area contributed by atoms with Gasteiger partial charge in [-0.15, -0.1) is 0 Å². The molecule has 0 spiro atoms. The Labute approximate surface area is 98.6 Å². The summed E-state index contributed by atoms with van der Waals surface area (Å²) in [5.41, 5.74) is 0.483. The second-order valence-electron chi connectivity index (χ2n) is 6.71. The molecule has 1 aliphatic rings. The standard InChI is InChI=1S/C13H25NO2/c1-12(2,3)13(4,5)8-14-7-9-6-10(9)11(15)16/h9-10,14H,6-8H2,1-5H3,(H,15,16). The molecule has 2 atom stereocenters. The smallest absolute Gasteiger partial charge is 0.306 e. The van der Waals surface area contributed by atoms with Crippen LogP contribution < -0.4 is 5.32 Å². The van der Waals surface area contributed by atoms with Gasteiger partial charge in [0, 0.05) is 6.54 Å². The summed E-state index contributed by atoms with van der Waals surface area (Å²) < 4.78 is 0. The Morgan fingerprint density at radius 3 is 2.25 bits per heavy atom. The highest BCUT2D eigenvalue weighted by Crippen LogP contribution is 2.39. The van der Waals surface area contributed by atoms with Crippen molar-refractivity contribution in [3.63, 3.8) is 0 Å². The van der Waals surface area contributed by atoms with E-state index in [4.69, 9.17) is 5.11 Å². The summed E-state index contributed by atoms with van der Waals surface area (Å²) in [4.78, 5) is 10.7. The molecule has 0 aromatic heterocycles. The van der Waals surface area contributed by atoms with E-state index in [0.717, 1.165) is 19.5 Å². The van der Waals surface area contributed by atoms with Gasteiger partial charge in [0.2, 0.25) is 0 Å². The molecule has 3 nitrogen and oxygen atoms in total. The Morgan fingerprint density at radius 2 is 1.88 bits per heavy atom. The van der Waals surface area contributed by atoms with E-state index in [2.05, 4.69) is 39.9 Å². The van der Waals surface area contributed by atoms with Crippen molar-refractivity contribution in [3.05, 3.63) is 0 Å². The molecule has 1 aliphatic carbocycles. The predicted octanol–water partition coefficient (Wildman–Crippen LogP) is 2.37. The molecule has 0 bridgehead atoms. The third kappa shape index (κ3) is 3.21. The van der Waals surface area contributed by atoms with Crippen LogP contribution in [0.25, 0.3) is 0 Å². The van der Waals surface area contributed by atoms with E-state index in [1.165, 1.54) is 0 Å². The zero-order valence-corrected chi connectivity index (χ0v) is 11.1. The summed E-state index contributed by atoms with van der Waals surface area (Å²) in [7, 11) is 0. The molecule has 16 heavy (non-hydrogen) atoms. The second kappa shape index (κ2) is 4.36. The van der Waals surface area contributed by atoms with Crippen LogP contribution in [-0.2, 0) is 4.79 Å². The Kier molecular flexibility index (Phi) is 3.68. The first kappa shape index (κ1) is 13.5. The topological polar surface area (TPSA) is 49.3 Å². The third-order valence-electron chi connectivity index (χ3n) is 4.24. The summed E-state index contributed by atoms with van der Waals surface area (Å²) in [6.45, 7) is 13.0. The molecule has 0 amide bonds. The number of nitrogens with one attached hydrogen (secondary N) is 1. The van der Waals surface area contributed by atoms with Crippen molar-refractivity contribution < 1.29 is 9.90 Å². The van der Waals surface area contributed by atoms with Crippen LogP contribution in [0.1, 0.15) is 41.0 Å². The van der Waals surface area contributed by atoms with Crippen molar-refractivity contribution in [3.8, 4) is 0 Å². The number of rotatable bonds is 5. The SMILES string of the molecule is CC(C)(C)C(C)(C)CNCC1CC1C(=O)O. The minimum atomic E-state index is -0.637. The van der Waals surface area contributed by atoms with Crippen molar-refractivity contribution in [1.29, 1.82) is 0 Å². The molecule has 1 fully saturated rings. The normalized spacial score (nSPS) is 25.6. The van der Waals surface area contributed by atoms with Crippen molar-refractivity contribution >= 4 is 5.97 Å². The van der Waals surface area contributed by atoms with E-state index in [-0.39, 0.29) is 16.7 Å². The lowest BCUT2D eigenvalue weighted by atomic mass is 9.69. The monoisotopic (exact) mass is 227 g/mol. The zero-order chi connectivity index (χ0) is 12.6. The molecule has 0 heterocycles. The highest BCUT2D eigenvalue weighted by molar-refractivity contribution is 5.73. The Hall–Kier alpha value is -0.570. The van der Waals surface area contributed by atoms with E-state index < -0.39 is 5.97 Å². The summed E-state index contributed by atoms with van der Waals surface area (Å²) in [6.07, 6.45) is 0.846. The van der Waals surface area contributed by atoms with Crippen molar-refractivity contribution in [2.24, 2.45) is 22.7 Å². The number of carboxylic acids is 1. The largest absolute Gasteiger partial charge is 0.481 e. The van der Waals surface area contributed by atoms with Crippen LogP contribution in [0, 0.1) is 22.7 Å². The Balaban J connectivity index is 2.24. The Bertz CT molecular complexity index is 266. The van der Waals surface area contributed by atoms with Crippen molar-refractivity contribution in [2.45, 2.75) is 41.0 Å². The summed E-state index contributed by atoms with van der Waals surface area (Å²) >= 11 is 0. The summed E-state index contributed by atoms with van der Waals surface area (Å²) in [5.74, 6) is -0.375. The van der Waals surface area contributed by atoms with Crippen molar-refractivity contribution in [2.75, 3.05) is 13.1 Å².